The fourth-order valence-corrected chi connectivity index (χ4v) is 2.81. The molecule has 1 aromatic heterocycles. The second-order valence-corrected chi connectivity index (χ2v) is 5.41. The van der Waals surface area contributed by atoms with E-state index in [9.17, 15) is 0 Å². The summed E-state index contributed by atoms with van der Waals surface area (Å²) in [4.78, 5) is 6.68. The quantitative estimate of drug-likeness (QED) is 0.832. The average molecular weight is 250 g/mol. The van der Waals surface area contributed by atoms with E-state index in [0.29, 0.717) is 6.04 Å². The molecule has 2 rings (SSSR count). The smallest absolute Gasteiger partial charge is 0.0945 e. The van der Waals surface area contributed by atoms with Crippen LogP contribution in [0.15, 0.2) is 18.7 Å². The highest BCUT2D eigenvalue weighted by atomic mass is 15.1. The first kappa shape index (κ1) is 13.6. The number of aromatic nitrogens is 2. The van der Waals surface area contributed by atoms with Crippen LogP contribution in [0.25, 0.3) is 0 Å². The Morgan fingerprint density at radius 3 is 2.72 bits per heavy atom. The van der Waals surface area contributed by atoms with Gasteiger partial charge in [0.2, 0.25) is 0 Å². The number of rotatable bonds is 6. The van der Waals surface area contributed by atoms with Gasteiger partial charge in [-0.2, -0.15) is 0 Å². The molecule has 0 bridgehead atoms. The topological polar surface area (TPSA) is 33.1 Å². The number of imidazole rings is 1. The molecule has 102 valence electrons. The highest BCUT2D eigenvalue weighted by molar-refractivity contribution is 4.79. The van der Waals surface area contributed by atoms with Crippen molar-refractivity contribution in [1.29, 1.82) is 0 Å². The molecule has 4 nitrogen and oxygen atoms in total. The molecule has 0 radical (unpaired) electrons. The van der Waals surface area contributed by atoms with Gasteiger partial charge in [-0.1, -0.05) is 0 Å². The van der Waals surface area contributed by atoms with Gasteiger partial charge < -0.3 is 14.8 Å². The Hall–Kier alpha value is -0.870. The molecule has 4 heteroatoms. The van der Waals surface area contributed by atoms with Gasteiger partial charge in [0, 0.05) is 25.0 Å². The first-order valence-corrected chi connectivity index (χ1v) is 7.15. The Morgan fingerprint density at radius 2 is 2.11 bits per heavy atom. The van der Waals surface area contributed by atoms with E-state index in [1.54, 1.807) is 0 Å². The van der Waals surface area contributed by atoms with Gasteiger partial charge in [-0.3, -0.25) is 0 Å². The van der Waals surface area contributed by atoms with Gasteiger partial charge in [-0.15, -0.1) is 0 Å². The Bertz CT molecular complexity index is 315. The SMILES string of the molecule is CNC(C)C1CCN(CCCn2ccnc2)CC1. The molecule has 18 heavy (non-hydrogen) atoms. The number of aryl methyl sites for hydroxylation is 1. The van der Waals surface area contributed by atoms with E-state index in [-0.39, 0.29) is 0 Å². The number of piperidine rings is 1. The van der Waals surface area contributed by atoms with E-state index in [0.717, 1.165) is 12.5 Å². The van der Waals surface area contributed by atoms with Crippen molar-refractivity contribution >= 4 is 0 Å². The molecule has 1 fully saturated rings. The van der Waals surface area contributed by atoms with Crippen LogP contribution in [0, 0.1) is 5.92 Å². The van der Waals surface area contributed by atoms with Crippen molar-refractivity contribution in [3.8, 4) is 0 Å². The van der Waals surface area contributed by atoms with Crippen LogP contribution >= 0.6 is 0 Å². The standard InChI is InChI=1S/C14H26N4/c1-13(15-2)14-4-9-17(10-5-14)7-3-8-18-11-6-16-12-18/h6,11-15H,3-5,7-10H2,1-2H3. The molecule has 2 heterocycles. The molecular weight excluding hydrogens is 224 g/mol. The Kier molecular flexibility index (Phi) is 5.20. The van der Waals surface area contributed by atoms with Crippen LogP contribution in [0.4, 0.5) is 0 Å². The predicted molar refractivity (Wildman–Crippen MR) is 74.5 cm³/mol. The van der Waals surface area contributed by atoms with Crippen LogP contribution in [-0.2, 0) is 6.54 Å². The first-order valence-electron chi connectivity index (χ1n) is 7.15. The van der Waals surface area contributed by atoms with Crippen LogP contribution in [0.3, 0.4) is 0 Å². The summed E-state index contributed by atoms with van der Waals surface area (Å²) in [6.07, 6.45) is 9.70. The Morgan fingerprint density at radius 1 is 1.33 bits per heavy atom. The lowest BCUT2D eigenvalue weighted by Crippen LogP contribution is -2.41. The van der Waals surface area contributed by atoms with Gasteiger partial charge in [0.05, 0.1) is 6.33 Å². The summed E-state index contributed by atoms with van der Waals surface area (Å²) < 4.78 is 2.16. The monoisotopic (exact) mass is 250 g/mol. The molecule has 0 aromatic carbocycles. The zero-order valence-electron chi connectivity index (χ0n) is 11.7. The summed E-state index contributed by atoms with van der Waals surface area (Å²) in [7, 11) is 2.07. The number of hydrogen-bond acceptors (Lipinski definition) is 3. The summed E-state index contributed by atoms with van der Waals surface area (Å²) in [5.74, 6) is 0.861. The van der Waals surface area contributed by atoms with Gasteiger partial charge >= 0.3 is 0 Å². The van der Waals surface area contributed by atoms with E-state index in [2.05, 4.69) is 33.7 Å². The molecule has 0 aliphatic carbocycles. The lowest BCUT2D eigenvalue weighted by Gasteiger charge is -2.34. The summed E-state index contributed by atoms with van der Waals surface area (Å²) in [6.45, 7) is 7.15. The van der Waals surface area contributed by atoms with E-state index in [4.69, 9.17) is 0 Å². The second-order valence-electron chi connectivity index (χ2n) is 5.41. The Balaban J connectivity index is 1.61. The Labute approximate surface area is 110 Å². The molecular formula is C14H26N4. The number of nitrogens with zero attached hydrogens (tertiary/aromatic N) is 3. The van der Waals surface area contributed by atoms with E-state index < -0.39 is 0 Å². The van der Waals surface area contributed by atoms with Crippen LogP contribution in [0.5, 0.6) is 0 Å². The highest BCUT2D eigenvalue weighted by Crippen LogP contribution is 2.20. The van der Waals surface area contributed by atoms with Crippen molar-refractivity contribution in [1.82, 2.24) is 19.8 Å². The summed E-state index contributed by atoms with van der Waals surface area (Å²) in [5.41, 5.74) is 0. The van der Waals surface area contributed by atoms with Gasteiger partial charge in [0.15, 0.2) is 0 Å². The normalized spacial score (nSPS) is 20.1. The summed E-state index contributed by atoms with van der Waals surface area (Å²) in [5, 5.41) is 3.38. The number of nitrogens with one attached hydrogen (secondary N) is 1. The molecule has 1 aliphatic rings. The van der Waals surface area contributed by atoms with Crippen molar-refractivity contribution in [3.63, 3.8) is 0 Å². The van der Waals surface area contributed by atoms with E-state index in [1.807, 2.05) is 18.7 Å². The maximum atomic E-state index is 4.07. The zero-order chi connectivity index (χ0) is 12.8. The fourth-order valence-electron chi connectivity index (χ4n) is 2.81. The van der Waals surface area contributed by atoms with Crippen molar-refractivity contribution < 1.29 is 0 Å². The third-order valence-corrected chi connectivity index (χ3v) is 4.24. The molecule has 1 unspecified atom stereocenters. The molecule has 0 saturated carbocycles. The number of hydrogen-bond donors (Lipinski definition) is 1. The van der Waals surface area contributed by atoms with Gasteiger partial charge in [-0.25, -0.2) is 4.98 Å². The maximum absolute atomic E-state index is 4.07. The molecule has 1 aromatic rings. The maximum Gasteiger partial charge on any atom is 0.0945 e. The number of likely N-dealkylation sites (tertiary alicyclic amines) is 1. The summed E-state index contributed by atoms with van der Waals surface area (Å²) >= 11 is 0. The van der Waals surface area contributed by atoms with Crippen molar-refractivity contribution in [2.24, 2.45) is 5.92 Å². The molecule has 1 aliphatic heterocycles. The third kappa shape index (κ3) is 3.82. The average Bonchev–Trinajstić information content (AvgIpc) is 2.92. The van der Waals surface area contributed by atoms with Gasteiger partial charge in [-0.05, 0) is 58.8 Å². The molecule has 1 saturated heterocycles. The van der Waals surface area contributed by atoms with E-state index in [1.165, 1.54) is 38.9 Å². The van der Waals surface area contributed by atoms with Crippen LogP contribution < -0.4 is 5.32 Å². The fraction of sp³-hybridized carbons (Fsp3) is 0.786. The molecule has 1 N–H and O–H groups in total. The van der Waals surface area contributed by atoms with Crippen LogP contribution in [0.2, 0.25) is 0 Å². The lowest BCUT2D eigenvalue weighted by atomic mass is 9.90. The highest BCUT2D eigenvalue weighted by Gasteiger charge is 2.22. The zero-order valence-corrected chi connectivity index (χ0v) is 11.7. The minimum atomic E-state index is 0.665. The van der Waals surface area contributed by atoms with Crippen molar-refractivity contribution in [3.05, 3.63) is 18.7 Å². The second kappa shape index (κ2) is 6.90. The largest absolute Gasteiger partial charge is 0.337 e. The van der Waals surface area contributed by atoms with Crippen molar-refractivity contribution in [2.75, 3.05) is 26.7 Å². The summed E-state index contributed by atoms with van der Waals surface area (Å²) in [6, 6.07) is 0.665. The van der Waals surface area contributed by atoms with Gasteiger partial charge in [0.25, 0.3) is 0 Å². The molecule has 1 atom stereocenters. The first-order chi connectivity index (χ1) is 8.79. The molecule has 0 spiro atoms. The minimum Gasteiger partial charge on any atom is -0.337 e. The lowest BCUT2D eigenvalue weighted by molar-refractivity contribution is 0.162. The van der Waals surface area contributed by atoms with Crippen LogP contribution in [-0.4, -0.2) is 47.2 Å². The predicted octanol–water partition coefficient (Wildman–Crippen LogP) is 1.59. The van der Waals surface area contributed by atoms with Crippen LogP contribution in [0.1, 0.15) is 26.2 Å². The minimum absolute atomic E-state index is 0.665. The molecule has 0 amide bonds. The van der Waals surface area contributed by atoms with E-state index >= 15 is 0 Å². The van der Waals surface area contributed by atoms with Crippen molar-refractivity contribution in [2.45, 2.75) is 38.8 Å². The van der Waals surface area contributed by atoms with Gasteiger partial charge in [0.1, 0.15) is 0 Å². The third-order valence-electron chi connectivity index (χ3n) is 4.24.